The summed E-state index contributed by atoms with van der Waals surface area (Å²) in [5, 5.41) is 12.0. The number of hydrogen-bond acceptors (Lipinski definition) is 6. The lowest BCUT2D eigenvalue weighted by atomic mass is 10.2. The van der Waals surface area contributed by atoms with Crippen LogP contribution in [0.1, 0.15) is 44.2 Å². The molecule has 1 N–H and O–H groups in total. The van der Waals surface area contributed by atoms with Crippen molar-refractivity contribution in [2.24, 2.45) is 0 Å². The number of carbonyl (C=O) groups excluding carboxylic acids is 3. The zero-order valence-electron chi connectivity index (χ0n) is 19.5. The summed E-state index contributed by atoms with van der Waals surface area (Å²) < 4.78 is 8.07. The number of piperazine rings is 1. The van der Waals surface area contributed by atoms with Gasteiger partial charge in [-0.1, -0.05) is 11.6 Å². The smallest absolute Gasteiger partial charge is 0.409 e. The van der Waals surface area contributed by atoms with Gasteiger partial charge in [-0.15, -0.1) is 0 Å². The second kappa shape index (κ2) is 10.2. The van der Waals surface area contributed by atoms with E-state index in [0.29, 0.717) is 54.9 Å². The summed E-state index contributed by atoms with van der Waals surface area (Å²) in [5.41, 5.74) is 1.77. The zero-order valence-corrected chi connectivity index (χ0v) is 20.3. The fourth-order valence-corrected chi connectivity index (χ4v) is 3.66. The largest absolute Gasteiger partial charge is 0.450 e. The number of nitrogens with one attached hydrogen (secondary N) is 1. The van der Waals surface area contributed by atoms with Crippen molar-refractivity contribution in [3.8, 4) is 0 Å². The molecule has 2 unspecified atom stereocenters. The first-order valence-corrected chi connectivity index (χ1v) is 11.3. The maximum absolute atomic E-state index is 13.0. The SMILES string of the molecule is CCOC(=O)N1CCN(C(=O)C(C)n2cc(NC(=O)C(C)n3cc(Cl)c(C)n3)c(C)n2)CC1. The van der Waals surface area contributed by atoms with Gasteiger partial charge in [-0.05, 0) is 34.6 Å². The first kappa shape index (κ1) is 24.6. The molecule has 2 aromatic rings. The Balaban J connectivity index is 1.61. The molecule has 2 aromatic heterocycles. The molecular weight excluding hydrogens is 450 g/mol. The monoisotopic (exact) mass is 479 g/mol. The molecule has 0 saturated carbocycles. The molecule has 3 amide bonds. The number of aromatic nitrogens is 4. The van der Waals surface area contributed by atoms with Crippen molar-refractivity contribution in [1.29, 1.82) is 0 Å². The normalized spacial score (nSPS) is 15.8. The van der Waals surface area contributed by atoms with Gasteiger partial charge in [0.15, 0.2) is 0 Å². The lowest BCUT2D eigenvalue weighted by Gasteiger charge is -2.35. The Morgan fingerprint density at radius 2 is 1.58 bits per heavy atom. The maximum atomic E-state index is 13.0. The van der Waals surface area contributed by atoms with Crippen molar-refractivity contribution in [2.75, 3.05) is 38.1 Å². The van der Waals surface area contributed by atoms with Crippen LogP contribution < -0.4 is 5.32 Å². The standard InChI is InChI=1S/C21H30ClN7O4/c1-6-33-21(32)27-9-7-26(8-10-27)20(31)16(5)29-12-18(14(3)25-29)23-19(30)15(4)28-11-17(22)13(2)24-28/h11-12,15-16H,6-10H2,1-5H3,(H,23,30). The molecule has 1 aliphatic heterocycles. The minimum absolute atomic E-state index is 0.103. The van der Waals surface area contributed by atoms with E-state index in [1.165, 1.54) is 4.68 Å². The van der Waals surface area contributed by atoms with Gasteiger partial charge in [0.05, 0.1) is 28.7 Å². The summed E-state index contributed by atoms with van der Waals surface area (Å²) in [5.74, 6) is -0.375. The van der Waals surface area contributed by atoms with E-state index in [0.717, 1.165) is 0 Å². The van der Waals surface area contributed by atoms with Crippen LogP contribution >= 0.6 is 11.6 Å². The van der Waals surface area contributed by atoms with Crippen molar-refractivity contribution in [3.63, 3.8) is 0 Å². The predicted octanol–water partition coefficient (Wildman–Crippen LogP) is 2.41. The number of ether oxygens (including phenoxy) is 1. The molecular formula is C21H30ClN7O4. The van der Waals surface area contributed by atoms with Crippen LogP contribution in [0.4, 0.5) is 10.5 Å². The summed E-state index contributed by atoms with van der Waals surface area (Å²) in [6, 6.07) is -1.14. The van der Waals surface area contributed by atoms with Crippen LogP contribution in [-0.2, 0) is 14.3 Å². The van der Waals surface area contributed by atoms with Gasteiger partial charge >= 0.3 is 6.09 Å². The van der Waals surface area contributed by atoms with Crippen molar-refractivity contribution in [2.45, 2.75) is 46.7 Å². The van der Waals surface area contributed by atoms with Crippen molar-refractivity contribution in [3.05, 3.63) is 28.8 Å². The third-order valence-electron chi connectivity index (χ3n) is 5.68. The van der Waals surface area contributed by atoms with Gasteiger partial charge in [0.2, 0.25) is 11.8 Å². The highest BCUT2D eigenvalue weighted by Crippen LogP contribution is 2.21. The van der Waals surface area contributed by atoms with Gasteiger partial charge in [-0.25, -0.2) is 4.79 Å². The van der Waals surface area contributed by atoms with E-state index < -0.39 is 12.1 Å². The van der Waals surface area contributed by atoms with Crippen LogP contribution in [0.2, 0.25) is 5.02 Å². The summed E-state index contributed by atoms with van der Waals surface area (Å²) in [4.78, 5) is 40.9. The first-order valence-electron chi connectivity index (χ1n) is 10.9. The average Bonchev–Trinajstić information content (AvgIpc) is 3.33. The third-order valence-corrected chi connectivity index (χ3v) is 6.05. The Morgan fingerprint density at radius 1 is 1.00 bits per heavy atom. The number of aryl methyl sites for hydroxylation is 2. The number of amides is 3. The molecule has 3 rings (SSSR count). The van der Waals surface area contributed by atoms with Crippen molar-refractivity contribution in [1.82, 2.24) is 29.4 Å². The van der Waals surface area contributed by atoms with Gasteiger partial charge in [-0.2, -0.15) is 10.2 Å². The molecule has 0 bridgehead atoms. The van der Waals surface area contributed by atoms with E-state index in [4.69, 9.17) is 16.3 Å². The Labute approximate surface area is 197 Å². The number of hydrogen-bond donors (Lipinski definition) is 1. The molecule has 1 fully saturated rings. The van der Waals surface area contributed by atoms with Gasteiger partial charge in [0.25, 0.3) is 0 Å². The second-order valence-electron chi connectivity index (χ2n) is 8.00. The quantitative estimate of drug-likeness (QED) is 0.680. The van der Waals surface area contributed by atoms with Crippen LogP contribution in [0, 0.1) is 13.8 Å². The highest BCUT2D eigenvalue weighted by Gasteiger charge is 2.29. The maximum Gasteiger partial charge on any atom is 0.409 e. The highest BCUT2D eigenvalue weighted by atomic mass is 35.5. The van der Waals surface area contributed by atoms with Crippen molar-refractivity contribution < 1.29 is 19.1 Å². The van der Waals surface area contributed by atoms with Crippen LogP contribution in [-0.4, -0.2) is 80.1 Å². The van der Waals surface area contributed by atoms with E-state index in [2.05, 4.69) is 15.5 Å². The Bertz CT molecular complexity index is 1010. The zero-order chi connectivity index (χ0) is 24.3. The number of rotatable bonds is 6. The molecule has 12 heteroatoms. The van der Waals surface area contributed by atoms with E-state index in [9.17, 15) is 14.4 Å². The molecule has 0 aromatic carbocycles. The minimum atomic E-state index is -0.575. The number of halogens is 1. The van der Waals surface area contributed by atoms with E-state index >= 15 is 0 Å². The Hall–Kier alpha value is -3.08. The summed E-state index contributed by atoms with van der Waals surface area (Å²) in [7, 11) is 0. The third kappa shape index (κ3) is 5.47. The van der Waals surface area contributed by atoms with Gasteiger partial charge in [0, 0.05) is 38.6 Å². The Morgan fingerprint density at radius 3 is 2.15 bits per heavy atom. The fraction of sp³-hybridized carbons (Fsp3) is 0.571. The van der Waals surface area contributed by atoms with Gasteiger partial charge < -0.3 is 19.9 Å². The number of anilines is 1. The lowest BCUT2D eigenvalue weighted by molar-refractivity contribution is -0.136. The average molecular weight is 480 g/mol. The molecule has 180 valence electrons. The molecule has 0 radical (unpaired) electrons. The summed E-state index contributed by atoms with van der Waals surface area (Å²) >= 11 is 6.04. The summed E-state index contributed by atoms with van der Waals surface area (Å²) in [6.07, 6.45) is 2.90. The molecule has 1 saturated heterocycles. The molecule has 33 heavy (non-hydrogen) atoms. The minimum Gasteiger partial charge on any atom is -0.450 e. The van der Waals surface area contributed by atoms with E-state index in [1.54, 1.807) is 61.5 Å². The summed E-state index contributed by atoms with van der Waals surface area (Å²) in [6.45, 7) is 10.8. The molecule has 1 aliphatic rings. The molecule has 11 nitrogen and oxygen atoms in total. The van der Waals surface area contributed by atoms with Gasteiger partial charge in [0.1, 0.15) is 12.1 Å². The van der Waals surface area contributed by atoms with Gasteiger partial charge in [-0.3, -0.25) is 19.0 Å². The number of carbonyl (C=O) groups is 3. The van der Waals surface area contributed by atoms with E-state index in [1.807, 2.05) is 0 Å². The molecule has 3 heterocycles. The molecule has 0 spiro atoms. The van der Waals surface area contributed by atoms with Crippen LogP contribution in [0.25, 0.3) is 0 Å². The lowest BCUT2D eigenvalue weighted by Crippen LogP contribution is -2.52. The molecule has 0 aliphatic carbocycles. The van der Waals surface area contributed by atoms with Crippen molar-refractivity contribution >= 4 is 35.2 Å². The van der Waals surface area contributed by atoms with Crippen LogP contribution in [0.3, 0.4) is 0 Å². The van der Waals surface area contributed by atoms with Crippen LogP contribution in [0.5, 0.6) is 0 Å². The highest BCUT2D eigenvalue weighted by molar-refractivity contribution is 6.31. The molecule has 2 atom stereocenters. The first-order chi connectivity index (χ1) is 15.6. The Kier molecular flexibility index (Phi) is 7.62. The predicted molar refractivity (Wildman–Crippen MR) is 122 cm³/mol. The van der Waals surface area contributed by atoms with Crippen LogP contribution in [0.15, 0.2) is 12.4 Å². The van der Waals surface area contributed by atoms with E-state index in [-0.39, 0.29) is 17.9 Å². The topological polar surface area (TPSA) is 115 Å². The number of nitrogens with zero attached hydrogens (tertiary/aromatic N) is 6. The fourth-order valence-electron chi connectivity index (χ4n) is 3.52. The second-order valence-corrected chi connectivity index (χ2v) is 8.41.